The molecule has 0 heterocycles. The third-order valence-electron chi connectivity index (χ3n) is 3.96. The number of hydrogen-bond donors (Lipinski definition) is 1. The molecule has 0 amide bonds. The minimum Gasteiger partial charge on any atom is -0.323 e. The summed E-state index contributed by atoms with van der Waals surface area (Å²) in [5, 5.41) is 0.457. The van der Waals surface area contributed by atoms with Gasteiger partial charge in [-0.15, -0.1) is 0 Å². The molecule has 3 heteroatoms. The minimum atomic E-state index is 0.127. The largest absolute Gasteiger partial charge is 0.323 e. The Bertz CT molecular complexity index is 360. The quantitative estimate of drug-likeness (QED) is 0.753. The Labute approximate surface area is 129 Å². The van der Waals surface area contributed by atoms with Crippen molar-refractivity contribution < 1.29 is 0 Å². The Hall–Kier alpha value is -0.510. The first-order valence-electron chi connectivity index (χ1n) is 7.80. The lowest BCUT2D eigenvalue weighted by Crippen LogP contribution is -2.27. The molecule has 0 aliphatic heterocycles. The predicted octanol–water partition coefficient (Wildman–Crippen LogP) is 3.71. The van der Waals surface area contributed by atoms with E-state index < -0.39 is 0 Å². The second-order valence-electron chi connectivity index (χ2n) is 5.22. The van der Waals surface area contributed by atoms with Crippen LogP contribution < -0.4 is 5.73 Å². The standard InChI is InChI=1S/C17H30N2S/c1-5-15-8-10-16(11-9-15)17(18)14(4)20-13-12-19(6-2)7-3/h8-11,14,17H,5-7,12-13,18H2,1-4H3. The van der Waals surface area contributed by atoms with Crippen molar-refractivity contribution in [1.82, 2.24) is 4.90 Å². The Balaban J connectivity index is 2.43. The van der Waals surface area contributed by atoms with Gasteiger partial charge in [0.25, 0.3) is 0 Å². The van der Waals surface area contributed by atoms with E-state index in [4.69, 9.17) is 5.73 Å². The summed E-state index contributed by atoms with van der Waals surface area (Å²) in [6.45, 7) is 12.3. The van der Waals surface area contributed by atoms with Crippen molar-refractivity contribution in [3.63, 3.8) is 0 Å². The number of rotatable bonds is 9. The van der Waals surface area contributed by atoms with E-state index in [9.17, 15) is 0 Å². The summed E-state index contributed by atoms with van der Waals surface area (Å²) in [6.07, 6.45) is 1.09. The Morgan fingerprint density at radius 3 is 2.20 bits per heavy atom. The molecule has 1 aromatic rings. The van der Waals surface area contributed by atoms with Gasteiger partial charge in [0, 0.05) is 23.6 Å². The van der Waals surface area contributed by atoms with E-state index >= 15 is 0 Å². The maximum Gasteiger partial charge on any atom is 0.0412 e. The summed E-state index contributed by atoms with van der Waals surface area (Å²) in [6, 6.07) is 8.89. The van der Waals surface area contributed by atoms with Crippen molar-refractivity contribution in [2.75, 3.05) is 25.4 Å². The number of aryl methyl sites for hydroxylation is 1. The molecule has 2 atom stereocenters. The topological polar surface area (TPSA) is 29.3 Å². The zero-order valence-corrected chi connectivity index (χ0v) is 14.2. The smallest absolute Gasteiger partial charge is 0.0412 e. The maximum atomic E-state index is 6.38. The first-order chi connectivity index (χ1) is 9.62. The van der Waals surface area contributed by atoms with Crippen molar-refractivity contribution >= 4 is 11.8 Å². The molecule has 0 radical (unpaired) electrons. The van der Waals surface area contributed by atoms with Gasteiger partial charge in [0.2, 0.25) is 0 Å². The molecule has 0 aliphatic carbocycles. The van der Waals surface area contributed by atoms with Crippen LogP contribution in [-0.2, 0) is 6.42 Å². The molecule has 2 unspecified atom stereocenters. The molecule has 0 fully saturated rings. The summed E-state index contributed by atoms with van der Waals surface area (Å²) in [4.78, 5) is 2.46. The van der Waals surface area contributed by atoms with Crippen molar-refractivity contribution in [2.24, 2.45) is 5.73 Å². The van der Waals surface area contributed by atoms with E-state index in [1.165, 1.54) is 11.1 Å². The third-order valence-corrected chi connectivity index (χ3v) is 5.20. The SMILES string of the molecule is CCc1ccc(C(N)C(C)SCCN(CC)CC)cc1. The van der Waals surface area contributed by atoms with Gasteiger partial charge >= 0.3 is 0 Å². The number of thioether (sulfide) groups is 1. The van der Waals surface area contributed by atoms with Gasteiger partial charge in [-0.25, -0.2) is 0 Å². The first-order valence-corrected chi connectivity index (χ1v) is 8.85. The Kier molecular flexibility index (Phi) is 8.27. The van der Waals surface area contributed by atoms with E-state index in [2.05, 4.69) is 56.9 Å². The van der Waals surface area contributed by atoms with E-state index in [0.29, 0.717) is 5.25 Å². The first kappa shape index (κ1) is 17.5. The lowest BCUT2D eigenvalue weighted by atomic mass is 10.0. The van der Waals surface area contributed by atoms with Gasteiger partial charge in [0.1, 0.15) is 0 Å². The number of benzene rings is 1. The normalized spacial score (nSPS) is 14.5. The molecule has 114 valence electrons. The maximum absolute atomic E-state index is 6.38. The lowest BCUT2D eigenvalue weighted by molar-refractivity contribution is 0.323. The average molecular weight is 295 g/mol. The molecule has 0 saturated heterocycles. The van der Waals surface area contributed by atoms with E-state index in [1.54, 1.807) is 0 Å². The van der Waals surface area contributed by atoms with Crippen molar-refractivity contribution in [2.45, 2.75) is 45.4 Å². The van der Waals surface area contributed by atoms with Gasteiger partial charge in [-0.2, -0.15) is 11.8 Å². The molecule has 0 saturated carbocycles. The van der Waals surface area contributed by atoms with Gasteiger partial charge in [-0.3, -0.25) is 0 Å². The van der Waals surface area contributed by atoms with Crippen LogP contribution in [0.15, 0.2) is 24.3 Å². The molecule has 1 aromatic carbocycles. The van der Waals surface area contributed by atoms with Gasteiger partial charge in [-0.1, -0.05) is 52.0 Å². The van der Waals surface area contributed by atoms with E-state index in [-0.39, 0.29) is 6.04 Å². The van der Waals surface area contributed by atoms with Crippen LogP contribution in [-0.4, -0.2) is 35.5 Å². The van der Waals surface area contributed by atoms with Crippen LogP contribution in [0.25, 0.3) is 0 Å². The molecule has 0 spiro atoms. The molecule has 0 aromatic heterocycles. The molecule has 1 rings (SSSR count). The van der Waals surface area contributed by atoms with E-state index in [1.807, 2.05) is 11.8 Å². The predicted molar refractivity (Wildman–Crippen MR) is 92.5 cm³/mol. The minimum absolute atomic E-state index is 0.127. The number of nitrogens with zero attached hydrogens (tertiary/aromatic N) is 1. The fraction of sp³-hybridized carbons (Fsp3) is 0.647. The van der Waals surface area contributed by atoms with Crippen LogP contribution in [0.5, 0.6) is 0 Å². The molecular formula is C17H30N2S. The zero-order chi connectivity index (χ0) is 15.0. The van der Waals surface area contributed by atoms with Gasteiger partial charge in [0.15, 0.2) is 0 Å². The molecule has 2 nitrogen and oxygen atoms in total. The van der Waals surface area contributed by atoms with E-state index in [0.717, 1.165) is 31.8 Å². The monoisotopic (exact) mass is 294 g/mol. The highest BCUT2D eigenvalue weighted by molar-refractivity contribution is 7.99. The lowest BCUT2D eigenvalue weighted by Gasteiger charge is -2.22. The van der Waals surface area contributed by atoms with Gasteiger partial charge in [-0.05, 0) is 30.6 Å². The summed E-state index contributed by atoms with van der Waals surface area (Å²) < 4.78 is 0. The highest BCUT2D eigenvalue weighted by Gasteiger charge is 2.15. The third kappa shape index (κ3) is 5.47. The van der Waals surface area contributed by atoms with Crippen molar-refractivity contribution in [3.05, 3.63) is 35.4 Å². The van der Waals surface area contributed by atoms with Crippen LogP contribution in [0.4, 0.5) is 0 Å². The Morgan fingerprint density at radius 1 is 1.10 bits per heavy atom. The highest BCUT2D eigenvalue weighted by Crippen LogP contribution is 2.24. The summed E-state index contributed by atoms with van der Waals surface area (Å²) in [5.74, 6) is 1.16. The summed E-state index contributed by atoms with van der Waals surface area (Å²) >= 11 is 1.98. The molecule has 20 heavy (non-hydrogen) atoms. The summed E-state index contributed by atoms with van der Waals surface area (Å²) in [7, 11) is 0. The highest BCUT2D eigenvalue weighted by atomic mass is 32.2. The van der Waals surface area contributed by atoms with Gasteiger partial charge < -0.3 is 10.6 Å². The molecule has 2 N–H and O–H groups in total. The average Bonchev–Trinajstić information content (AvgIpc) is 2.50. The molecular weight excluding hydrogens is 264 g/mol. The van der Waals surface area contributed by atoms with Crippen molar-refractivity contribution in [1.29, 1.82) is 0 Å². The van der Waals surface area contributed by atoms with Crippen LogP contribution in [0.3, 0.4) is 0 Å². The number of nitrogens with two attached hydrogens (primary N) is 1. The fourth-order valence-electron chi connectivity index (χ4n) is 2.26. The fourth-order valence-corrected chi connectivity index (χ4v) is 3.36. The molecule has 0 bridgehead atoms. The second kappa shape index (κ2) is 9.43. The van der Waals surface area contributed by atoms with Crippen LogP contribution in [0.2, 0.25) is 0 Å². The van der Waals surface area contributed by atoms with Gasteiger partial charge in [0.05, 0.1) is 0 Å². The summed E-state index contributed by atoms with van der Waals surface area (Å²) in [5.41, 5.74) is 9.01. The van der Waals surface area contributed by atoms with Crippen LogP contribution in [0, 0.1) is 0 Å². The van der Waals surface area contributed by atoms with Crippen LogP contribution >= 0.6 is 11.8 Å². The Morgan fingerprint density at radius 2 is 1.70 bits per heavy atom. The molecule has 0 aliphatic rings. The van der Waals surface area contributed by atoms with Crippen LogP contribution in [0.1, 0.15) is 44.9 Å². The second-order valence-corrected chi connectivity index (χ2v) is 6.71. The van der Waals surface area contributed by atoms with Crippen molar-refractivity contribution in [3.8, 4) is 0 Å². The zero-order valence-electron chi connectivity index (χ0n) is 13.4. The number of hydrogen-bond acceptors (Lipinski definition) is 3.